The number of rotatable bonds is 12. The largest absolute Gasteiger partial charge is 0.382 e. The standard InChI is InChI=1S/C20H21N7O.2C19H21N7.C18H19N7/c21-20-19-18(14-2-1-11(5-16(14)23-20)15-3-4-22-26-15)24-17(25-19)8-27-6-12-9-28-10-13(12)7-27;1-11-5-7-26(9-11)10-16-23-17-13-3-2-12(14-4-6-21-25-14)8-15(13)22-19(20)18(17)24-16;20-19-18-17(23-16(24-18)11-26-8-2-1-3-9-26)13-5-4-12(10-15(13)22-19)14-6-7-21-25-14;19-18-17-16(22-15(23-17)10-25-7-1-2-8-25)12-4-3-11(9-14(12)21-18)13-5-6-20-24-13/h1-5,12-13H,6-10H2,(H2,21,23)(H,22,26)(H,24,25);2-4,6,8,11H,5,7,9-10H2,1H3,(H2,20,22)(H,21,25)(H,23,24);4-7,10H,1-3,8-9,11H2,(H2,20,22)(H,21,25)(H,23,24);3-6,9H,1-2,7-8,10H2,(H2,19,21)(H,20,24)(H,22,23). The quantitative estimate of drug-likeness (QED) is 0.0540. The molecule has 5 aliphatic heterocycles. The number of nitrogens with zero attached hydrogens (tertiary/aromatic N) is 16. The number of pyridine rings is 4. The molecule has 0 bridgehead atoms. The molecule has 21 rings (SSSR count). The van der Waals surface area contributed by atoms with Crippen molar-refractivity contribution < 1.29 is 4.74 Å². The highest BCUT2D eigenvalue weighted by molar-refractivity contribution is 6.10. The van der Waals surface area contributed by atoms with E-state index in [0.717, 1.165) is 254 Å². The molecule has 532 valence electrons. The van der Waals surface area contributed by atoms with Crippen LogP contribution < -0.4 is 22.9 Å². The highest BCUT2D eigenvalue weighted by Crippen LogP contribution is 2.36. The van der Waals surface area contributed by atoms with Crippen molar-refractivity contribution in [3.8, 4) is 45.0 Å². The molecule has 0 amide bonds. The fraction of sp³-hybridized carbons (Fsp3) is 0.316. The number of aromatic nitrogens is 20. The van der Waals surface area contributed by atoms with Crippen molar-refractivity contribution in [3.63, 3.8) is 0 Å². The first-order valence-electron chi connectivity index (χ1n) is 36.2. The lowest BCUT2D eigenvalue weighted by molar-refractivity contribution is 0.152. The van der Waals surface area contributed by atoms with Crippen molar-refractivity contribution in [1.82, 2.24) is 120 Å². The van der Waals surface area contributed by atoms with E-state index in [4.69, 9.17) is 47.6 Å². The Balaban J connectivity index is 0.0000000996. The van der Waals surface area contributed by atoms with E-state index < -0.39 is 0 Å². The van der Waals surface area contributed by atoms with Gasteiger partial charge in [-0.2, -0.15) is 20.4 Å². The number of imidazole rings is 4. The molecule has 16 N–H and O–H groups in total. The predicted octanol–water partition coefficient (Wildman–Crippen LogP) is 10.8. The summed E-state index contributed by atoms with van der Waals surface area (Å²) in [5.74, 6) is 7.84. The van der Waals surface area contributed by atoms with Gasteiger partial charge in [0, 0.05) is 100 Å². The van der Waals surface area contributed by atoms with Gasteiger partial charge in [-0.3, -0.25) is 40.0 Å². The highest BCUT2D eigenvalue weighted by atomic mass is 16.5. The third-order valence-corrected chi connectivity index (χ3v) is 21.2. The third-order valence-electron chi connectivity index (χ3n) is 21.2. The molecule has 4 aromatic carbocycles. The monoisotopic (exact) mass is 1400 g/mol. The Hall–Kier alpha value is -11.8. The summed E-state index contributed by atoms with van der Waals surface area (Å²) in [6, 6.07) is 32.3. The molecule has 3 atom stereocenters. The minimum Gasteiger partial charge on any atom is -0.382 e. The Bertz CT molecular complexity index is 5590. The number of nitrogens with two attached hydrogens (primary N) is 4. The minimum atomic E-state index is 0.481. The molecule has 0 radical (unpaired) electrons. The number of nitrogen functional groups attached to an aromatic ring is 4. The third kappa shape index (κ3) is 13.2. The van der Waals surface area contributed by atoms with Crippen LogP contribution in [0, 0.1) is 17.8 Å². The first-order valence-corrected chi connectivity index (χ1v) is 36.2. The number of piperidine rings is 1. The van der Waals surface area contributed by atoms with Crippen LogP contribution in [0.2, 0.25) is 0 Å². The van der Waals surface area contributed by atoms with E-state index in [1.54, 1.807) is 24.8 Å². The van der Waals surface area contributed by atoms with E-state index in [1.807, 2.05) is 48.5 Å². The molecule has 29 heteroatoms. The van der Waals surface area contributed by atoms with Crippen LogP contribution in [0.25, 0.3) is 133 Å². The van der Waals surface area contributed by atoms with Gasteiger partial charge in [-0.25, -0.2) is 39.9 Å². The molecule has 12 aromatic heterocycles. The van der Waals surface area contributed by atoms with Crippen molar-refractivity contribution >= 4 is 111 Å². The molecule has 3 unspecified atom stereocenters. The van der Waals surface area contributed by atoms with Gasteiger partial charge in [0.25, 0.3) is 0 Å². The van der Waals surface area contributed by atoms with Crippen LogP contribution in [0.5, 0.6) is 0 Å². The zero-order valence-electron chi connectivity index (χ0n) is 58.3. The number of aromatic amines is 8. The average Bonchev–Trinajstić information content (AvgIpc) is 1.22. The molecule has 5 saturated heterocycles. The number of anilines is 4. The van der Waals surface area contributed by atoms with Crippen molar-refractivity contribution in [2.45, 2.75) is 71.6 Å². The molecule has 0 saturated carbocycles. The normalized spacial score (nSPS) is 18.1. The number of ether oxygens (including phenoxy) is 1. The van der Waals surface area contributed by atoms with Gasteiger partial charge in [0.05, 0.1) is 84.2 Å². The van der Waals surface area contributed by atoms with Crippen LogP contribution >= 0.6 is 0 Å². The SMILES string of the molecule is CC1CCN(Cc2nc3c([nH]2)c(N)nc2cc(-c4ccn[nH]4)ccc23)C1.Nc1nc2cc(-c3ccn[nH]3)ccc2c2nc(CN3CC4COCC4C3)[nH]c12.Nc1nc2cc(-c3ccn[nH]3)ccc2c2nc(CN3CCCC3)[nH]c12.Nc1nc2cc(-c3ccn[nH]3)ccc2c2nc(CN3CCCCC3)[nH]c12. The van der Waals surface area contributed by atoms with E-state index in [-0.39, 0.29) is 0 Å². The maximum Gasteiger partial charge on any atom is 0.150 e. The molecule has 16 aromatic rings. The average molecular weight is 1400 g/mol. The van der Waals surface area contributed by atoms with Crippen LogP contribution in [-0.4, -0.2) is 186 Å². The Labute approximate surface area is 601 Å². The van der Waals surface area contributed by atoms with Crippen molar-refractivity contribution in [3.05, 3.63) is 145 Å². The van der Waals surface area contributed by atoms with Crippen LogP contribution in [0.1, 0.15) is 68.7 Å². The van der Waals surface area contributed by atoms with Crippen LogP contribution in [0.3, 0.4) is 0 Å². The van der Waals surface area contributed by atoms with Gasteiger partial charge in [0.15, 0.2) is 0 Å². The molecule has 0 aliphatic carbocycles. The van der Waals surface area contributed by atoms with Crippen molar-refractivity contribution in [2.75, 3.05) is 88.5 Å². The molecule has 5 aliphatic rings. The number of H-pyrrole nitrogens is 8. The van der Waals surface area contributed by atoms with E-state index in [2.05, 4.69) is 156 Å². The smallest absolute Gasteiger partial charge is 0.150 e. The lowest BCUT2D eigenvalue weighted by Crippen LogP contribution is -2.29. The van der Waals surface area contributed by atoms with Gasteiger partial charge in [-0.05, 0) is 144 Å². The highest BCUT2D eigenvalue weighted by Gasteiger charge is 2.37. The number of hydrogen-bond acceptors (Lipinski definition) is 21. The lowest BCUT2D eigenvalue weighted by atomic mass is 10.0. The maximum atomic E-state index is 6.25. The fourth-order valence-corrected chi connectivity index (χ4v) is 15.9. The molecule has 0 spiro atoms. The zero-order chi connectivity index (χ0) is 70.7. The zero-order valence-corrected chi connectivity index (χ0v) is 58.3. The summed E-state index contributed by atoms with van der Waals surface area (Å²) < 4.78 is 5.58. The van der Waals surface area contributed by atoms with E-state index in [9.17, 15) is 0 Å². The molecule has 105 heavy (non-hydrogen) atoms. The lowest BCUT2D eigenvalue weighted by Gasteiger charge is -2.25. The Morgan fingerprint density at radius 1 is 0.362 bits per heavy atom. The Morgan fingerprint density at radius 2 is 0.676 bits per heavy atom. The summed E-state index contributed by atoms with van der Waals surface area (Å²) in [7, 11) is 0. The summed E-state index contributed by atoms with van der Waals surface area (Å²) in [5.41, 5.74) is 43.1. The van der Waals surface area contributed by atoms with Gasteiger partial charge in [-0.15, -0.1) is 0 Å². The van der Waals surface area contributed by atoms with Crippen LogP contribution in [0.4, 0.5) is 23.3 Å². The summed E-state index contributed by atoms with van der Waals surface area (Å²) in [4.78, 5) is 61.1. The van der Waals surface area contributed by atoms with Gasteiger partial charge in [-0.1, -0.05) is 37.6 Å². The summed E-state index contributed by atoms with van der Waals surface area (Å²) in [6.45, 7) is 16.3. The van der Waals surface area contributed by atoms with Gasteiger partial charge < -0.3 is 47.6 Å². The first kappa shape index (κ1) is 65.3. The number of fused-ring (bicyclic) bond motifs is 13. The molecule has 29 nitrogen and oxygen atoms in total. The number of benzene rings is 4. The molecular formula is C76H82N28O. The van der Waals surface area contributed by atoms with Crippen LogP contribution in [-0.2, 0) is 30.9 Å². The van der Waals surface area contributed by atoms with Gasteiger partial charge >= 0.3 is 0 Å². The molecule has 5 fully saturated rings. The second-order valence-corrected chi connectivity index (χ2v) is 28.6. The number of hydrogen-bond donors (Lipinski definition) is 12. The fourth-order valence-electron chi connectivity index (χ4n) is 15.9. The second-order valence-electron chi connectivity index (χ2n) is 28.6. The Kier molecular flexibility index (Phi) is 17.3. The summed E-state index contributed by atoms with van der Waals surface area (Å²) in [6.07, 6.45) is 14.6. The maximum absolute atomic E-state index is 6.25. The molecule has 17 heterocycles. The first-order chi connectivity index (χ1) is 51.5. The van der Waals surface area contributed by atoms with Gasteiger partial charge in [0.2, 0.25) is 0 Å². The predicted molar refractivity (Wildman–Crippen MR) is 409 cm³/mol. The molecular weight excluding hydrogens is 1320 g/mol. The topological polar surface area (TPSA) is 407 Å². The van der Waals surface area contributed by atoms with Gasteiger partial charge in [0.1, 0.15) is 90.7 Å². The van der Waals surface area contributed by atoms with Crippen molar-refractivity contribution in [1.29, 1.82) is 0 Å². The van der Waals surface area contributed by atoms with E-state index >= 15 is 0 Å². The summed E-state index contributed by atoms with van der Waals surface area (Å²) in [5, 5.41) is 32.0. The van der Waals surface area contributed by atoms with Crippen LogP contribution in [0.15, 0.2) is 122 Å². The number of likely N-dealkylation sites (tertiary alicyclic amines) is 4. The van der Waals surface area contributed by atoms with Crippen molar-refractivity contribution in [2.24, 2.45) is 17.8 Å². The van der Waals surface area contributed by atoms with E-state index in [1.165, 1.54) is 38.5 Å². The second kappa shape index (κ2) is 27.8. The number of nitrogens with one attached hydrogen (secondary N) is 8. The van der Waals surface area contributed by atoms with E-state index in [0.29, 0.717) is 35.1 Å². The summed E-state index contributed by atoms with van der Waals surface area (Å²) >= 11 is 0. The Morgan fingerprint density at radius 3 is 0.981 bits per heavy atom. The minimum absolute atomic E-state index is 0.481.